The number of benzene rings is 1. The Morgan fingerprint density at radius 3 is 2.62 bits per heavy atom. The number of imidazole rings is 1. The molecule has 4 heterocycles. The molecule has 4 aromatic rings. The fourth-order valence-electron chi connectivity index (χ4n) is 6.10. The van der Waals surface area contributed by atoms with Crippen LogP contribution in [0.25, 0.3) is 22.4 Å². The van der Waals surface area contributed by atoms with Gasteiger partial charge in [-0.25, -0.2) is 19.7 Å². The number of fused-ring (bicyclic) bond motifs is 1. The molecule has 1 aliphatic heterocycles. The molecule has 3 aromatic heterocycles. The lowest BCUT2D eigenvalue weighted by molar-refractivity contribution is 0.120. The number of pyridine rings is 1. The molecule has 10 heteroatoms. The van der Waals surface area contributed by atoms with Gasteiger partial charge in [0, 0.05) is 23.3 Å². The largest absolute Gasteiger partial charge is 0.427 e. The number of aromatic nitrogens is 5. The van der Waals surface area contributed by atoms with Gasteiger partial charge >= 0.3 is 6.09 Å². The van der Waals surface area contributed by atoms with Gasteiger partial charge in [-0.1, -0.05) is 49.6 Å². The minimum atomic E-state index is -0.682. The number of carbonyl (C=O) groups excluding carboxylic acids is 1. The molecule has 0 radical (unpaired) electrons. The Morgan fingerprint density at radius 1 is 1.08 bits per heavy atom. The first-order chi connectivity index (χ1) is 19.0. The van der Waals surface area contributed by atoms with E-state index >= 15 is 0 Å². The molecule has 1 atom stereocenters. The topological polar surface area (TPSA) is 107 Å². The van der Waals surface area contributed by atoms with Crippen LogP contribution in [0.15, 0.2) is 48.7 Å². The molecule has 1 aromatic carbocycles. The SMILES string of the molecule is CC1CCC(Cn2c(C3(c4ccccn4)CC3)nc3nc(C4NOC(=O)N4)nc(-c4cccc(Cl)c4)c32)CC1. The van der Waals surface area contributed by atoms with Crippen molar-refractivity contribution >= 4 is 28.9 Å². The third-order valence-corrected chi connectivity index (χ3v) is 8.65. The zero-order valence-electron chi connectivity index (χ0n) is 21.7. The van der Waals surface area contributed by atoms with Gasteiger partial charge in [-0.2, -0.15) is 0 Å². The van der Waals surface area contributed by atoms with Crippen LogP contribution in [-0.2, 0) is 16.8 Å². The highest BCUT2D eigenvalue weighted by molar-refractivity contribution is 6.30. The zero-order valence-corrected chi connectivity index (χ0v) is 22.5. The summed E-state index contributed by atoms with van der Waals surface area (Å²) >= 11 is 6.45. The number of rotatable bonds is 6. The van der Waals surface area contributed by atoms with Gasteiger partial charge in [0.05, 0.1) is 11.1 Å². The summed E-state index contributed by atoms with van der Waals surface area (Å²) in [6, 6.07) is 13.8. The second-order valence-electron chi connectivity index (χ2n) is 11.2. The fraction of sp³-hybridized carbons (Fsp3) is 0.414. The van der Waals surface area contributed by atoms with Gasteiger partial charge in [-0.05, 0) is 61.8 Å². The molecule has 7 rings (SSSR count). The molecule has 3 aliphatic rings. The summed E-state index contributed by atoms with van der Waals surface area (Å²) in [5.74, 6) is 2.69. The summed E-state index contributed by atoms with van der Waals surface area (Å²) < 4.78 is 2.37. The highest BCUT2D eigenvalue weighted by Gasteiger charge is 2.51. The third kappa shape index (κ3) is 4.43. The van der Waals surface area contributed by atoms with Gasteiger partial charge in [0.1, 0.15) is 17.0 Å². The number of nitrogens with zero attached hydrogens (tertiary/aromatic N) is 5. The van der Waals surface area contributed by atoms with Crippen LogP contribution in [0.1, 0.15) is 69.0 Å². The minimum Gasteiger partial charge on any atom is -0.351 e. The Bertz CT molecular complexity index is 1540. The van der Waals surface area contributed by atoms with E-state index in [1.807, 2.05) is 42.6 Å². The first-order valence-corrected chi connectivity index (χ1v) is 14.1. The lowest BCUT2D eigenvalue weighted by Gasteiger charge is -2.28. The van der Waals surface area contributed by atoms with Crippen LogP contribution in [0.5, 0.6) is 0 Å². The van der Waals surface area contributed by atoms with Crippen LogP contribution in [0, 0.1) is 11.8 Å². The predicted octanol–water partition coefficient (Wildman–Crippen LogP) is 5.69. The molecule has 2 saturated carbocycles. The van der Waals surface area contributed by atoms with Gasteiger partial charge in [0.25, 0.3) is 0 Å². The fourth-order valence-corrected chi connectivity index (χ4v) is 6.29. The average molecular weight is 544 g/mol. The number of hydrogen-bond acceptors (Lipinski definition) is 7. The third-order valence-electron chi connectivity index (χ3n) is 8.42. The Hall–Kier alpha value is -3.56. The number of hydrogen-bond donors (Lipinski definition) is 2. The molecule has 0 bridgehead atoms. The van der Waals surface area contributed by atoms with Crippen molar-refractivity contribution in [2.75, 3.05) is 0 Å². The van der Waals surface area contributed by atoms with E-state index in [4.69, 9.17) is 36.4 Å². The molecule has 2 N–H and O–H groups in total. The first-order valence-electron chi connectivity index (χ1n) is 13.7. The van der Waals surface area contributed by atoms with E-state index in [0.717, 1.165) is 53.6 Å². The summed E-state index contributed by atoms with van der Waals surface area (Å²) in [6.07, 6.45) is 7.44. The minimum absolute atomic E-state index is 0.251. The molecule has 1 unspecified atom stereocenters. The highest BCUT2D eigenvalue weighted by Crippen LogP contribution is 2.53. The second kappa shape index (κ2) is 9.57. The quantitative estimate of drug-likeness (QED) is 0.321. The molecular weight excluding hydrogens is 514 g/mol. The summed E-state index contributed by atoms with van der Waals surface area (Å²) in [7, 11) is 0. The lowest BCUT2D eigenvalue weighted by atomic mass is 9.83. The smallest absolute Gasteiger partial charge is 0.351 e. The van der Waals surface area contributed by atoms with E-state index in [0.29, 0.717) is 22.4 Å². The summed E-state index contributed by atoms with van der Waals surface area (Å²) in [5, 5.41) is 3.34. The maximum atomic E-state index is 11.8. The zero-order chi connectivity index (χ0) is 26.6. The van der Waals surface area contributed by atoms with Crippen molar-refractivity contribution in [2.24, 2.45) is 11.8 Å². The molecule has 3 fully saturated rings. The Kier molecular flexibility index (Phi) is 6.01. The molecule has 9 nitrogen and oxygen atoms in total. The van der Waals surface area contributed by atoms with E-state index in [-0.39, 0.29) is 5.41 Å². The Balaban J connectivity index is 1.45. The first kappa shape index (κ1) is 24.5. The van der Waals surface area contributed by atoms with Crippen LogP contribution < -0.4 is 10.8 Å². The Labute approximate surface area is 231 Å². The highest BCUT2D eigenvalue weighted by atomic mass is 35.5. The maximum absolute atomic E-state index is 11.8. The van der Waals surface area contributed by atoms with Crippen LogP contribution >= 0.6 is 11.6 Å². The summed E-state index contributed by atoms with van der Waals surface area (Å²) in [5.41, 5.74) is 6.56. The summed E-state index contributed by atoms with van der Waals surface area (Å²) in [4.78, 5) is 36.5. The van der Waals surface area contributed by atoms with Crippen molar-refractivity contribution in [3.05, 3.63) is 71.0 Å². The predicted molar refractivity (Wildman–Crippen MR) is 147 cm³/mol. The van der Waals surface area contributed by atoms with E-state index < -0.39 is 12.3 Å². The van der Waals surface area contributed by atoms with Gasteiger partial charge in [-0.3, -0.25) is 10.3 Å². The maximum Gasteiger partial charge on any atom is 0.427 e. The Morgan fingerprint density at radius 2 is 1.92 bits per heavy atom. The van der Waals surface area contributed by atoms with Crippen LogP contribution in [0.3, 0.4) is 0 Å². The van der Waals surface area contributed by atoms with Gasteiger partial charge in [0.2, 0.25) is 0 Å². The van der Waals surface area contributed by atoms with Crippen molar-refractivity contribution < 1.29 is 9.63 Å². The number of amides is 1. The summed E-state index contributed by atoms with van der Waals surface area (Å²) in [6.45, 7) is 3.20. The monoisotopic (exact) mass is 543 g/mol. The van der Waals surface area contributed by atoms with E-state index in [2.05, 4.69) is 28.4 Å². The molecule has 1 amide bonds. The van der Waals surface area contributed by atoms with E-state index in [1.165, 1.54) is 25.7 Å². The van der Waals surface area contributed by atoms with Crippen LogP contribution in [-0.4, -0.2) is 30.6 Å². The lowest BCUT2D eigenvalue weighted by Crippen LogP contribution is -2.25. The number of nitrogens with one attached hydrogen (secondary N) is 2. The van der Waals surface area contributed by atoms with Crippen molar-refractivity contribution in [2.45, 2.75) is 63.6 Å². The van der Waals surface area contributed by atoms with Gasteiger partial charge in [-0.15, -0.1) is 5.48 Å². The molecule has 39 heavy (non-hydrogen) atoms. The molecular formula is C29H30ClN7O2. The van der Waals surface area contributed by atoms with Crippen LogP contribution in [0.2, 0.25) is 5.02 Å². The molecule has 2 aliphatic carbocycles. The second-order valence-corrected chi connectivity index (χ2v) is 11.6. The number of carbonyl (C=O) groups is 1. The average Bonchev–Trinajstić information content (AvgIpc) is 3.51. The van der Waals surface area contributed by atoms with Crippen molar-refractivity contribution in [3.63, 3.8) is 0 Å². The number of hydroxylamine groups is 1. The normalized spacial score (nSPS) is 23.9. The van der Waals surface area contributed by atoms with E-state index in [9.17, 15) is 4.79 Å². The molecule has 0 spiro atoms. The van der Waals surface area contributed by atoms with Gasteiger partial charge in [0.15, 0.2) is 17.6 Å². The van der Waals surface area contributed by atoms with Crippen molar-refractivity contribution in [1.82, 2.24) is 35.3 Å². The molecule has 200 valence electrons. The molecule has 1 saturated heterocycles. The standard InChI is InChI=1S/C29H30ClN7O2/c1-17-8-10-18(11-9-17)16-37-23-22(19-5-4-6-20(30)15-19)32-25(26-35-28(38)39-36-26)33-24(23)34-27(37)29(12-13-29)21-7-2-3-14-31-21/h2-7,14-15,17-18,26,36H,8-13,16H2,1H3,(H,35,38). The van der Waals surface area contributed by atoms with Crippen LogP contribution in [0.4, 0.5) is 4.79 Å². The van der Waals surface area contributed by atoms with E-state index in [1.54, 1.807) is 0 Å². The number of halogens is 1. The van der Waals surface area contributed by atoms with Crippen molar-refractivity contribution in [3.8, 4) is 11.3 Å². The van der Waals surface area contributed by atoms with Crippen molar-refractivity contribution in [1.29, 1.82) is 0 Å². The van der Waals surface area contributed by atoms with Gasteiger partial charge < -0.3 is 9.40 Å².